The maximum Gasteiger partial charge on any atom is 0.226 e. The topological polar surface area (TPSA) is 58.3 Å². The summed E-state index contributed by atoms with van der Waals surface area (Å²) in [7, 11) is 0. The van der Waals surface area contributed by atoms with Crippen LogP contribution in [0, 0.1) is 6.92 Å². The average molecular weight is 291 g/mol. The third kappa shape index (κ3) is 2.50. The fourth-order valence-corrected chi connectivity index (χ4v) is 3.38. The zero-order chi connectivity index (χ0) is 14.3. The molecule has 1 aromatic heterocycles. The molecule has 2 aliphatic heterocycles. The molecule has 1 aromatic rings. The highest BCUT2D eigenvalue weighted by molar-refractivity contribution is 7.80. The molecule has 0 bridgehead atoms. The summed E-state index contributed by atoms with van der Waals surface area (Å²) in [5, 5.41) is 0. The van der Waals surface area contributed by atoms with Crippen LogP contribution in [-0.2, 0) is 0 Å². The second-order valence-electron chi connectivity index (χ2n) is 5.85. The van der Waals surface area contributed by atoms with Crippen LogP contribution in [-0.4, -0.2) is 51.6 Å². The number of rotatable bonds is 2. The van der Waals surface area contributed by atoms with Gasteiger partial charge in [0.1, 0.15) is 10.7 Å². The monoisotopic (exact) mass is 291 g/mol. The van der Waals surface area contributed by atoms with Gasteiger partial charge in [0, 0.05) is 30.9 Å². The first kappa shape index (κ1) is 13.7. The number of aryl methyl sites for hydroxylation is 1. The van der Waals surface area contributed by atoms with Gasteiger partial charge in [0.2, 0.25) is 5.95 Å². The van der Waals surface area contributed by atoms with Crippen LogP contribution in [0.3, 0.4) is 0 Å². The van der Waals surface area contributed by atoms with E-state index in [0.717, 1.165) is 24.7 Å². The maximum absolute atomic E-state index is 5.72. The van der Waals surface area contributed by atoms with Gasteiger partial charge in [-0.05, 0) is 39.3 Å². The Balaban J connectivity index is 1.89. The first-order chi connectivity index (χ1) is 9.54. The lowest BCUT2D eigenvalue weighted by Crippen LogP contribution is -2.55. The summed E-state index contributed by atoms with van der Waals surface area (Å²) in [5.74, 6) is 0.770. The molecule has 0 saturated carbocycles. The fraction of sp³-hybridized carbons (Fsp3) is 0.643. The summed E-state index contributed by atoms with van der Waals surface area (Å²) in [6.07, 6.45) is 2.58. The summed E-state index contributed by atoms with van der Waals surface area (Å²) in [6.45, 7) is 7.52. The molecule has 3 heterocycles. The van der Waals surface area contributed by atoms with Gasteiger partial charge in [0.05, 0.1) is 0 Å². The molecule has 0 spiro atoms. The first-order valence-electron chi connectivity index (χ1n) is 7.21. The van der Waals surface area contributed by atoms with E-state index in [0.29, 0.717) is 22.8 Å². The van der Waals surface area contributed by atoms with Crippen molar-refractivity contribution in [2.75, 3.05) is 24.5 Å². The summed E-state index contributed by atoms with van der Waals surface area (Å²) in [5.41, 5.74) is 7.30. The van der Waals surface area contributed by atoms with E-state index in [4.69, 9.17) is 18.0 Å². The second-order valence-corrected chi connectivity index (χ2v) is 6.29. The van der Waals surface area contributed by atoms with E-state index in [-0.39, 0.29) is 0 Å². The largest absolute Gasteiger partial charge is 0.388 e. The lowest BCUT2D eigenvalue weighted by Gasteiger charge is -2.42. The van der Waals surface area contributed by atoms with E-state index in [1.807, 2.05) is 13.0 Å². The predicted molar refractivity (Wildman–Crippen MR) is 84.1 cm³/mol. The van der Waals surface area contributed by atoms with Crippen LogP contribution in [0.1, 0.15) is 31.2 Å². The standard InChI is InChI=1S/C14H21N5S/c1-9-6-12(13(15)20)17-14(16-9)19-8-11-4-3-5-18(11)7-10(19)2/h6,10-11H,3-5,7-8H2,1-2H3,(H2,15,20). The highest BCUT2D eigenvalue weighted by Crippen LogP contribution is 2.27. The van der Waals surface area contributed by atoms with Crippen LogP contribution in [0.5, 0.6) is 0 Å². The Morgan fingerprint density at radius 2 is 2.20 bits per heavy atom. The van der Waals surface area contributed by atoms with Gasteiger partial charge in [-0.15, -0.1) is 0 Å². The van der Waals surface area contributed by atoms with Crippen molar-refractivity contribution in [1.29, 1.82) is 0 Å². The Hall–Kier alpha value is -1.27. The Kier molecular flexibility index (Phi) is 3.60. The second kappa shape index (κ2) is 5.26. The first-order valence-corrected chi connectivity index (χ1v) is 7.61. The van der Waals surface area contributed by atoms with Crippen LogP contribution in [0.2, 0.25) is 0 Å². The molecule has 6 heteroatoms. The molecule has 5 nitrogen and oxygen atoms in total. The van der Waals surface area contributed by atoms with Crippen molar-refractivity contribution in [2.24, 2.45) is 5.73 Å². The van der Waals surface area contributed by atoms with E-state index in [2.05, 4.69) is 26.7 Å². The van der Waals surface area contributed by atoms with Gasteiger partial charge < -0.3 is 10.6 Å². The van der Waals surface area contributed by atoms with E-state index in [1.54, 1.807) is 0 Å². The van der Waals surface area contributed by atoms with Crippen molar-refractivity contribution in [3.8, 4) is 0 Å². The normalized spacial score (nSPS) is 26.6. The fourth-order valence-electron chi connectivity index (χ4n) is 3.27. The molecule has 2 atom stereocenters. The number of nitrogens with two attached hydrogens (primary N) is 1. The zero-order valence-electron chi connectivity index (χ0n) is 12.0. The van der Waals surface area contributed by atoms with Crippen molar-refractivity contribution < 1.29 is 0 Å². The summed E-state index contributed by atoms with van der Waals surface area (Å²) in [6, 6.07) is 2.91. The van der Waals surface area contributed by atoms with Crippen LogP contribution < -0.4 is 10.6 Å². The van der Waals surface area contributed by atoms with Crippen molar-refractivity contribution >= 4 is 23.2 Å². The number of fused-ring (bicyclic) bond motifs is 1. The Labute approximate surface area is 125 Å². The van der Waals surface area contributed by atoms with Crippen molar-refractivity contribution in [1.82, 2.24) is 14.9 Å². The van der Waals surface area contributed by atoms with Crippen molar-refractivity contribution in [3.05, 3.63) is 17.5 Å². The van der Waals surface area contributed by atoms with Gasteiger partial charge >= 0.3 is 0 Å². The Morgan fingerprint density at radius 3 is 2.95 bits per heavy atom. The molecular weight excluding hydrogens is 270 g/mol. The van der Waals surface area contributed by atoms with Crippen molar-refractivity contribution in [2.45, 2.75) is 38.8 Å². The molecule has 0 aliphatic carbocycles. The Bertz CT molecular complexity index is 532. The number of anilines is 1. The van der Waals surface area contributed by atoms with Gasteiger partial charge in [-0.3, -0.25) is 4.90 Å². The zero-order valence-corrected chi connectivity index (χ0v) is 12.9. The number of thiocarbonyl (C=S) groups is 1. The number of aromatic nitrogens is 2. The molecular formula is C14H21N5S. The smallest absolute Gasteiger partial charge is 0.226 e. The van der Waals surface area contributed by atoms with Crippen LogP contribution >= 0.6 is 12.2 Å². The van der Waals surface area contributed by atoms with Gasteiger partial charge in [0.25, 0.3) is 0 Å². The van der Waals surface area contributed by atoms with Crippen LogP contribution in [0.15, 0.2) is 6.07 Å². The molecule has 0 radical (unpaired) electrons. The molecule has 2 fully saturated rings. The minimum atomic E-state index is 0.337. The molecule has 0 aromatic carbocycles. The average Bonchev–Trinajstić information content (AvgIpc) is 2.83. The highest BCUT2D eigenvalue weighted by atomic mass is 32.1. The molecule has 2 unspecified atom stereocenters. The van der Waals surface area contributed by atoms with E-state index >= 15 is 0 Å². The number of hydrogen-bond donors (Lipinski definition) is 1. The minimum Gasteiger partial charge on any atom is -0.388 e. The molecule has 0 amide bonds. The minimum absolute atomic E-state index is 0.337. The van der Waals surface area contributed by atoms with Gasteiger partial charge in [-0.25, -0.2) is 9.97 Å². The third-order valence-corrected chi connectivity index (χ3v) is 4.50. The molecule has 2 aliphatic rings. The Morgan fingerprint density at radius 1 is 1.40 bits per heavy atom. The molecule has 108 valence electrons. The number of piperazine rings is 1. The maximum atomic E-state index is 5.72. The summed E-state index contributed by atoms with van der Waals surface area (Å²) >= 11 is 5.05. The van der Waals surface area contributed by atoms with E-state index < -0.39 is 0 Å². The lowest BCUT2D eigenvalue weighted by molar-refractivity contribution is 0.201. The third-order valence-electron chi connectivity index (χ3n) is 4.29. The van der Waals surface area contributed by atoms with Crippen LogP contribution in [0.4, 0.5) is 5.95 Å². The highest BCUT2D eigenvalue weighted by Gasteiger charge is 2.35. The van der Waals surface area contributed by atoms with Gasteiger partial charge in [-0.1, -0.05) is 12.2 Å². The summed E-state index contributed by atoms with van der Waals surface area (Å²) in [4.78, 5) is 14.4. The van der Waals surface area contributed by atoms with Gasteiger partial charge in [-0.2, -0.15) is 0 Å². The number of hydrogen-bond acceptors (Lipinski definition) is 5. The number of nitrogens with zero attached hydrogens (tertiary/aromatic N) is 4. The predicted octanol–water partition coefficient (Wildman–Crippen LogP) is 1.09. The SMILES string of the molecule is Cc1cc(C(N)=S)nc(N2CC3CCCN3CC2C)n1. The van der Waals surface area contributed by atoms with E-state index in [1.165, 1.54) is 19.4 Å². The van der Waals surface area contributed by atoms with Crippen molar-refractivity contribution in [3.63, 3.8) is 0 Å². The lowest BCUT2D eigenvalue weighted by atomic mass is 10.1. The molecule has 2 saturated heterocycles. The van der Waals surface area contributed by atoms with Crippen LogP contribution in [0.25, 0.3) is 0 Å². The van der Waals surface area contributed by atoms with E-state index in [9.17, 15) is 0 Å². The summed E-state index contributed by atoms with van der Waals surface area (Å²) < 4.78 is 0. The van der Waals surface area contributed by atoms with Gasteiger partial charge in [0.15, 0.2) is 0 Å². The molecule has 2 N–H and O–H groups in total. The molecule has 20 heavy (non-hydrogen) atoms. The molecule has 3 rings (SSSR count). The quantitative estimate of drug-likeness (QED) is 0.823.